The fraction of sp³-hybridized carbons (Fsp3) is 0.0923. The Hall–Kier alpha value is -8.85. The van der Waals surface area contributed by atoms with E-state index in [0.29, 0.717) is 11.4 Å². The van der Waals surface area contributed by atoms with Gasteiger partial charge in [-0.15, -0.1) is 0 Å². The molecule has 5 nitrogen and oxygen atoms in total. The topological polar surface area (TPSA) is 59.4 Å². The lowest BCUT2D eigenvalue weighted by Gasteiger charge is -2.21. The molecule has 0 aliphatic heterocycles. The van der Waals surface area contributed by atoms with E-state index in [4.69, 9.17) is 9.97 Å². The van der Waals surface area contributed by atoms with Crippen molar-refractivity contribution < 1.29 is 0 Å². The van der Waals surface area contributed by atoms with E-state index in [1.54, 1.807) is 0 Å². The van der Waals surface area contributed by atoms with E-state index < -0.39 is 0 Å². The molecule has 0 atom stereocenters. The zero-order chi connectivity index (χ0) is 47.8. The van der Waals surface area contributed by atoms with Crippen molar-refractivity contribution >= 4 is 43.6 Å². The minimum atomic E-state index is 0.525. The van der Waals surface area contributed by atoms with Crippen molar-refractivity contribution in [2.45, 2.75) is 41.5 Å². The van der Waals surface area contributed by atoms with Gasteiger partial charge in [-0.05, 0) is 129 Å². The second-order valence-electron chi connectivity index (χ2n) is 19.1. The molecule has 12 rings (SSSR count). The van der Waals surface area contributed by atoms with E-state index in [1.807, 2.05) is 32.0 Å². The van der Waals surface area contributed by atoms with Crippen molar-refractivity contribution in [2.75, 3.05) is 0 Å². The van der Waals surface area contributed by atoms with Crippen LogP contribution in [0.5, 0.6) is 0 Å². The van der Waals surface area contributed by atoms with Crippen LogP contribution in [0.2, 0.25) is 0 Å². The van der Waals surface area contributed by atoms with Crippen molar-refractivity contribution in [1.82, 2.24) is 19.1 Å². The Morgan fingerprint density at radius 3 is 0.929 bits per heavy atom. The molecule has 70 heavy (non-hydrogen) atoms. The maximum absolute atomic E-state index is 11.3. The molecular weight excluding hydrogens is 851 g/mol. The Morgan fingerprint density at radius 1 is 0.343 bits per heavy atom. The molecule has 5 heteroatoms. The molecule has 0 aliphatic rings. The standard InChI is InChI=1S/C65H49N5/c1-39-11-7-15-46(27-39)50-19-23-54-55-24-20-51(47-16-8-12-40(2)28-47)35-59(55)69(58(54)34-50)62-32-45(38-66)33-63(64(62)65-67-43(5)31-44(6)68-65)70-60-36-52(48-17-9-13-41(3)29-48)21-25-56(60)57-26-22-53(37-61(57)70)49-18-10-14-42(4)30-49/h7-37H,1-6H3. The summed E-state index contributed by atoms with van der Waals surface area (Å²) in [6.45, 7) is 12.6. The van der Waals surface area contributed by atoms with Gasteiger partial charge in [0.2, 0.25) is 0 Å². The van der Waals surface area contributed by atoms with Crippen LogP contribution < -0.4 is 0 Å². The van der Waals surface area contributed by atoms with Gasteiger partial charge in [0.05, 0.1) is 50.6 Å². The number of aryl methyl sites for hydroxylation is 6. The van der Waals surface area contributed by atoms with Crippen LogP contribution in [0.15, 0.2) is 188 Å². The third-order valence-electron chi connectivity index (χ3n) is 13.9. The van der Waals surface area contributed by atoms with Gasteiger partial charge in [0, 0.05) is 32.9 Å². The summed E-state index contributed by atoms with van der Waals surface area (Å²) >= 11 is 0. The molecule has 0 radical (unpaired) electrons. The molecule has 0 saturated carbocycles. The second-order valence-corrected chi connectivity index (χ2v) is 19.1. The third kappa shape index (κ3) is 7.33. The first-order valence-electron chi connectivity index (χ1n) is 23.9. The fourth-order valence-electron chi connectivity index (χ4n) is 10.7. The van der Waals surface area contributed by atoms with Gasteiger partial charge in [-0.2, -0.15) is 5.26 Å². The highest BCUT2D eigenvalue weighted by molar-refractivity contribution is 6.14. The number of aromatic nitrogens is 4. The van der Waals surface area contributed by atoms with E-state index in [-0.39, 0.29) is 0 Å². The van der Waals surface area contributed by atoms with Gasteiger partial charge in [-0.25, -0.2) is 9.97 Å². The van der Waals surface area contributed by atoms with E-state index in [1.165, 1.54) is 22.3 Å². The zero-order valence-corrected chi connectivity index (χ0v) is 40.1. The minimum Gasteiger partial charge on any atom is -0.308 e. The molecule has 0 saturated heterocycles. The Morgan fingerprint density at radius 2 is 0.643 bits per heavy atom. The van der Waals surface area contributed by atoms with Gasteiger partial charge < -0.3 is 9.13 Å². The van der Waals surface area contributed by atoms with Gasteiger partial charge in [0.15, 0.2) is 5.82 Å². The summed E-state index contributed by atoms with van der Waals surface area (Å²) in [7, 11) is 0. The molecule has 12 aromatic rings. The van der Waals surface area contributed by atoms with Crippen molar-refractivity contribution in [3.8, 4) is 73.3 Å². The Balaban J connectivity index is 1.26. The predicted molar refractivity (Wildman–Crippen MR) is 291 cm³/mol. The summed E-state index contributed by atoms with van der Waals surface area (Å²) in [5.74, 6) is 0.589. The maximum atomic E-state index is 11.3. The Bertz CT molecular complexity index is 3700. The number of nitrogens with zero attached hydrogens (tertiary/aromatic N) is 5. The summed E-state index contributed by atoms with van der Waals surface area (Å²) in [6.07, 6.45) is 0. The summed E-state index contributed by atoms with van der Waals surface area (Å²) in [5.41, 5.74) is 22.6. The van der Waals surface area contributed by atoms with Crippen LogP contribution in [0, 0.1) is 52.9 Å². The number of nitriles is 1. The predicted octanol–water partition coefficient (Wildman–Crippen LogP) is 16.7. The van der Waals surface area contributed by atoms with E-state index in [0.717, 1.165) is 116 Å². The molecule has 0 spiro atoms. The average Bonchev–Trinajstić information content (AvgIpc) is 3.86. The second kappa shape index (κ2) is 16.7. The van der Waals surface area contributed by atoms with Crippen LogP contribution >= 0.6 is 0 Å². The smallest absolute Gasteiger partial charge is 0.163 e. The maximum Gasteiger partial charge on any atom is 0.163 e. The van der Waals surface area contributed by atoms with Gasteiger partial charge >= 0.3 is 0 Å². The molecule has 0 N–H and O–H groups in total. The monoisotopic (exact) mass is 899 g/mol. The van der Waals surface area contributed by atoms with Gasteiger partial charge in [-0.3, -0.25) is 0 Å². The summed E-state index contributed by atoms with van der Waals surface area (Å²) in [6, 6.07) is 70.7. The molecular formula is C65H49N5. The van der Waals surface area contributed by atoms with Crippen LogP contribution in [0.4, 0.5) is 0 Å². The fourth-order valence-corrected chi connectivity index (χ4v) is 10.7. The lowest BCUT2D eigenvalue weighted by molar-refractivity contribution is 1.04. The Labute approximate surface area is 408 Å². The first-order valence-corrected chi connectivity index (χ1v) is 23.9. The molecule has 3 aromatic heterocycles. The van der Waals surface area contributed by atoms with Gasteiger partial charge in [0.25, 0.3) is 0 Å². The van der Waals surface area contributed by atoms with Gasteiger partial charge in [0.1, 0.15) is 0 Å². The SMILES string of the molecule is Cc1cccc(-c2ccc3c4ccc(-c5cccc(C)c5)cc4n(-c4cc(C#N)cc(-n5c6cc(-c7cccc(C)c7)ccc6c6ccc(-c7cccc(C)c7)cc65)c4-c4nc(C)cc(C)n4)c3c2)c1. The van der Waals surface area contributed by atoms with E-state index in [2.05, 4.69) is 213 Å². The van der Waals surface area contributed by atoms with Gasteiger partial charge in [-0.1, -0.05) is 168 Å². The largest absolute Gasteiger partial charge is 0.308 e. The van der Waals surface area contributed by atoms with Crippen LogP contribution in [-0.4, -0.2) is 19.1 Å². The molecule has 0 aliphatic carbocycles. The summed E-state index contributed by atoms with van der Waals surface area (Å²) in [4.78, 5) is 10.6. The lowest BCUT2D eigenvalue weighted by atomic mass is 10.0. The highest BCUT2D eigenvalue weighted by Gasteiger charge is 2.26. The van der Waals surface area contributed by atoms with Crippen LogP contribution in [0.1, 0.15) is 39.2 Å². The molecule has 0 fully saturated rings. The van der Waals surface area contributed by atoms with E-state index >= 15 is 0 Å². The van der Waals surface area contributed by atoms with Crippen molar-refractivity contribution in [3.63, 3.8) is 0 Å². The first-order chi connectivity index (χ1) is 34.1. The Kier molecular flexibility index (Phi) is 10.2. The normalized spacial score (nSPS) is 11.6. The lowest BCUT2D eigenvalue weighted by Crippen LogP contribution is -2.08. The average molecular weight is 900 g/mol. The molecule has 0 amide bonds. The number of benzene rings is 9. The molecule has 334 valence electrons. The van der Waals surface area contributed by atoms with Crippen molar-refractivity contribution in [1.29, 1.82) is 5.26 Å². The first kappa shape index (κ1) is 42.5. The molecule has 0 unspecified atom stereocenters. The van der Waals surface area contributed by atoms with Crippen LogP contribution in [0.25, 0.3) is 111 Å². The highest BCUT2D eigenvalue weighted by Crippen LogP contribution is 2.45. The summed E-state index contributed by atoms with van der Waals surface area (Å²) in [5, 5.41) is 15.7. The minimum absolute atomic E-state index is 0.525. The molecule has 3 heterocycles. The van der Waals surface area contributed by atoms with Crippen molar-refractivity contribution in [2.24, 2.45) is 0 Å². The third-order valence-corrected chi connectivity index (χ3v) is 13.9. The number of rotatable bonds is 7. The van der Waals surface area contributed by atoms with Crippen LogP contribution in [-0.2, 0) is 0 Å². The van der Waals surface area contributed by atoms with Crippen molar-refractivity contribution in [3.05, 3.63) is 227 Å². The van der Waals surface area contributed by atoms with Crippen LogP contribution in [0.3, 0.4) is 0 Å². The number of fused-ring (bicyclic) bond motifs is 6. The number of hydrogen-bond donors (Lipinski definition) is 0. The molecule has 0 bridgehead atoms. The summed E-state index contributed by atoms with van der Waals surface area (Å²) < 4.78 is 4.74. The highest BCUT2D eigenvalue weighted by atomic mass is 15.0. The quantitative estimate of drug-likeness (QED) is 0.160. The van der Waals surface area contributed by atoms with E-state index in [9.17, 15) is 5.26 Å². The molecule has 9 aromatic carbocycles. The zero-order valence-electron chi connectivity index (χ0n) is 40.1. The number of hydrogen-bond acceptors (Lipinski definition) is 3.